The van der Waals surface area contributed by atoms with E-state index in [2.05, 4.69) is 4.99 Å². The number of thioether (sulfide) groups is 1. The summed E-state index contributed by atoms with van der Waals surface area (Å²) in [5.74, 6) is 0.704. The Kier molecular flexibility index (Phi) is 7.00. The van der Waals surface area contributed by atoms with E-state index in [9.17, 15) is 13.2 Å². The van der Waals surface area contributed by atoms with Crippen molar-refractivity contribution < 1.29 is 17.9 Å². The molecule has 0 atom stereocenters. The number of hydrogen-bond acceptors (Lipinski definition) is 3. The van der Waals surface area contributed by atoms with Gasteiger partial charge in [-0.05, 0) is 66.9 Å². The lowest BCUT2D eigenvalue weighted by molar-refractivity contribution is -0.137. The normalized spacial score (nSPS) is 12.4. The van der Waals surface area contributed by atoms with Crippen LogP contribution >= 0.6 is 11.8 Å². The van der Waals surface area contributed by atoms with E-state index in [0.717, 1.165) is 17.0 Å². The van der Waals surface area contributed by atoms with Crippen LogP contribution in [0.2, 0.25) is 0 Å². The lowest BCUT2D eigenvalue weighted by Gasteiger charge is -2.08. The first kappa shape index (κ1) is 21.7. The summed E-state index contributed by atoms with van der Waals surface area (Å²) in [6, 6.07) is 20.3. The van der Waals surface area contributed by atoms with Gasteiger partial charge in [0.2, 0.25) is 0 Å². The Morgan fingerprint density at radius 2 is 1.53 bits per heavy atom. The van der Waals surface area contributed by atoms with E-state index in [1.54, 1.807) is 37.5 Å². The van der Waals surface area contributed by atoms with E-state index in [-0.39, 0.29) is 0 Å². The molecule has 0 unspecified atom stereocenters. The highest BCUT2D eigenvalue weighted by Gasteiger charge is 2.30. The third kappa shape index (κ3) is 6.00. The predicted molar refractivity (Wildman–Crippen MR) is 117 cm³/mol. The SMILES string of the molecule is COc1ccc(/N=C(/C=C/Sc2ccc(C)cc2)c2ccc(C(F)(F)F)cc2)cc1. The van der Waals surface area contributed by atoms with Crippen molar-refractivity contribution in [2.75, 3.05) is 7.11 Å². The fourth-order valence-electron chi connectivity index (χ4n) is 2.62. The van der Waals surface area contributed by atoms with Crippen molar-refractivity contribution in [1.29, 1.82) is 0 Å². The van der Waals surface area contributed by atoms with Gasteiger partial charge < -0.3 is 4.74 Å². The van der Waals surface area contributed by atoms with E-state index >= 15 is 0 Å². The highest BCUT2D eigenvalue weighted by molar-refractivity contribution is 8.02. The molecule has 0 saturated heterocycles. The van der Waals surface area contributed by atoms with Gasteiger partial charge in [0, 0.05) is 10.5 Å². The molecule has 3 aromatic carbocycles. The molecule has 0 aliphatic carbocycles. The largest absolute Gasteiger partial charge is 0.497 e. The van der Waals surface area contributed by atoms with Crippen LogP contribution in [0.25, 0.3) is 0 Å². The van der Waals surface area contributed by atoms with Crippen LogP contribution in [0.1, 0.15) is 16.7 Å². The predicted octanol–water partition coefficient (Wildman–Crippen LogP) is 7.45. The number of benzene rings is 3. The number of hydrogen-bond donors (Lipinski definition) is 0. The van der Waals surface area contributed by atoms with Crippen LogP contribution in [-0.4, -0.2) is 12.8 Å². The summed E-state index contributed by atoms with van der Waals surface area (Å²) in [5.41, 5.74) is 2.33. The molecule has 0 bridgehead atoms. The Labute approximate surface area is 178 Å². The minimum atomic E-state index is -4.37. The zero-order valence-electron chi connectivity index (χ0n) is 16.5. The molecule has 6 heteroatoms. The first-order valence-electron chi connectivity index (χ1n) is 9.15. The fraction of sp³-hybridized carbons (Fsp3) is 0.125. The van der Waals surface area contributed by atoms with Crippen molar-refractivity contribution in [3.63, 3.8) is 0 Å². The first-order valence-corrected chi connectivity index (χ1v) is 10.0. The highest BCUT2D eigenvalue weighted by atomic mass is 32.2. The molecule has 0 aromatic heterocycles. The standard InChI is InChI=1S/C24H20F3NOS/c1-17-3-13-22(14-4-17)30-16-15-23(28-20-9-11-21(29-2)12-10-20)18-5-7-19(8-6-18)24(25,26)27/h3-16H,1-2H3/b16-15+,28-23-. The molecule has 154 valence electrons. The molecule has 3 rings (SSSR count). The van der Waals surface area contributed by atoms with Gasteiger partial charge in [0.15, 0.2) is 0 Å². The summed E-state index contributed by atoms with van der Waals surface area (Å²) in [5, 5.41) is 1.88. The Bertz CT molecular complexity index is 1020. The summed E-state index contributed by atoms with van der Waals surface area (Å²) < 4.78 is 43.8. The molecule has 0 saturated carbocycles. The molecule has 0 fully saturated rings. The van der Waals surface area contributed by atoms with Gasteiger partial charge in [-0.3, -0.25) is 0 Å². The summed E-state index contributed by atoms with van der Waals surface area (Å²) in [7, 11) is 1.58. The second kappa shape index (κ2) is 9.67. The molecule has 3 aromatic rings. The van der Waals surface area contributed by atoms with Crippen LogP contribution < -0.4 is 4.74 Å². The molecule has 0 aliphatic heterocycles. The molecule has 0 spiro atoms. The summed E-state index contributed by atoms with van der Waals surface area (Å²) in [6.07, 6.45) is -2.57. The maximum absolute atomic E-state index is 12.9. The van der Waals surface area contributed by atoms with Crippen molar-refractivity contribution in [3.8, 4) is 5.75 Å². The Balaban J connectivity index is 1.89. The second-order valence-corrected chi connectivity index (χ2v) is 7.48. The minimum absolute atomic E-state index is 0.563. The average molecular weight is 427 g/mol. The molecule has 0 N–H and O–H groups in total. The Hall–Kier alpha value is -2.99. The van der Waals surface area contributed by atoms with Gasteiger partial charge in [-0.1, -0.05) is 41.6 Å². The van der Waals surface area contributed by atoms with Crippen molar-refractivity contribution >= 4 is 23.2 Å². The molecule has 0 aliphatic rings. The van der Waals surface area contributed by atoms with Crippen molar-refractivity contribution in [2.45, 2.75) is 18.0 Å². The lowest BCUT2D eigenvalue weighted by atomic mass is 10.1. The molecule has 0 amide bonds. The van der Waals surface area contributed by atoms with Gasteiger partial charge in [-0.15, -0.1) is 0 Å². The van der Waals surface area contributed by atoms with Gasteiger partial charge in [0.25, 0.3) is 0 Å². The van der Waals surface area contributed by atoms with Crippen LogP contribution in [0.5, 0.6) is 5.75 Å². The average Bonchev–Trinajstić information content (AvgIpc) is 2.74. The maximum atomic E-state index is 12.9. The highest BCUT2D eigenvalue weighted by Crippen LogP contribution is 2.29. The number of rotatable bonds is 6. The van der Waals surface area contributed by atoms with Crippen molar-refractivity contribution in [1.82, 2.24) is 0 Å². The number of aliphatic imine (C=N–C) groups is 1. The van der Waals surface area contributed by atoms with Gasteiger partial charge in [-0.25, -0.2) is 4.99 Å². The Morgan fingerprint density at radius 3 is 2.10 bits per heavy atom. The van der Waals surface area contributed by atoms with Gasteiger partial charge in [0.05, 0.1) is 24.1 Å². The quantitative estimate of drug-likeness (QED) is 0.301. The number of aryl methyl sites for hydroxylation is 1. The number of allylic oxidation sites excluding steroid dienone is 1. The first-order chi connectivity index (χ1) is 14.3. The third-order valence-corrected chi connectivity index (χ3v) is 5.10. The number of alkyl halides is 3. The fourth-order valence-corrected chi connectivity index (χ4v) is 3.27. The molecular weight excluding hydrogens is 407 g/mol. The number of methoxy groups -OCH3 is 1. The van der Waals surface area contributed by atoms with Crippen LogP contribution in [0.4, 0.5) is 18.9 Å². The van der Waals surface area contributed by atoms with Gasteiger partial charge >= 0.3 is 6.18 Å². The minimum Gasteiger partial charge on any atom is -0.497 e. The van der Waals surface area contributed by atoms with E-state index in [1.807, 2.05) is 36.6 Å². The van der Waals surface area contributed by atoms with Crippen LogP contribution in [0.15, 0.2) is 94.2 Å². The molecule has 30 heavy (non-hydrogen) atoms. The summed E-state index contributed by atoms with van der Waals surface area (Å²) >= 11 is 1.51. The van der Waals surface area contributed by atoms with Crippen molar-refractivity contribution in [3.05, 3.63) is 101 Å². The monoisotopic (exact) mass is 427 g/mol. The topological polar surface area (TPSA) is 21.6 Å². The molecule has 2 nitrogen and oxygen atoms in total. The number of nitrogens with zero attached hydrogens (tertiary/aromatic N) is 1. The zero-order valence-corrected chi connectivity index (χ0v) is 17.3. The van der Waals surface area contributed by atoms with E-state index in [0.29, 0.717) is 22.7 Å². The molecule has 0 heterocycles. The molecule has 0 radical (unpaired) electrons. The van der Waals surface area contributed by atoms with E-state index in [1.165, 1.54) is 29.5 Å². The van der Waals surface area contributed by atoms with Crippen LogP contribution in [-0.2, 0) is 6.18 Å². The van der Waals surface area contributed by atoms with Crippen LogP contribution in [0, 0.1) is 6.92 Å². The third-order valence-electron chi connectivity index (χ3n) is 4.28. The van der Waals surface area contributed by atoms with Gasteiger partial charge in [0.1, 0.15) is 5.75 Å². The lowest BCUT2D eigenvalue weighted by Crippen LogP contribution is -2.05. The number of ether oxygens (including phenoxy) is 1. The maximum Gasteiger partial charge on any atom is 0.416 e. The smallest absolute Gasteiger partial charge is 0.416 e. The van der Waals surface area contributed by atoms with Gasteiger partial charge in [-0.2, -0.15) is 13.2 Å². The van der Waals surface area contributed by atoms with Crippen LogP contribution in [0.3, 0.4) is 0 Å². The summed E-state index contributed by atoms with van der Waals surface area (Å²) in [4.78, 5) is 5.68. The zero-order chi connectivity index (χ0) is 21.6. The Morgan fingerprint density at radius 1 is 0.900 bits per heavy atom. The summed E-state index contributed by atoms with van der Waals surface area (Å²) in [6.45, 7) is 2.02. The van der Waals surface area contributed by atoms with Crippen molar-refractivity contribution in [2.24, 2.45) is 4.99 Å². The van der Waals surface area contributed by atoms with E-state index in [4.69, 9.17) is 4.74 Å². The molecular formula is C24H20F3NOS. The van der Waals surface area contributed by atoms with E-state index < -0.39 is 11.7 Å². The second-order valence-electron chi connectivity index (χ2n) is 6.50. The number of halogens is 3.